The lowest BCUT2D eigenvalue weighted by Crippen LogP contribution is -2.65. The van der Waals surface area contributed by atoms with Crippen molar-refractivity contribution in [2.24, 2.45) is 17.8 Å². The molecule has 2 fully saturated rings. The molecule has 1 saturated carbocycles. The van der Waals surface area contributed by atoms with E-state index in [1.165, 1.54) is 0 Å². The molecule has 3 unspecified atom stereocenters. The monoisotopic (exact) mass is 280 g/mol. The number of carbonyl (C=O) groups is 2. The van der Waals surface area contributed by atoms with Crippen LogP contribution in [0.2, 0.25) is 0 Å². The molecular formula is C16H28N2O2. The zero-order valence-corrected chi connectivity index (χ0v) is 13.2. The molecule has 114 valence electrons. The van der Waals surface area contributed by atoms with Gasteiger partial charge in [-0.2, -0.15) is 0 Å². The van der Waals surface area contributed by atoms with Crippen molar-refractivity contribution in [3.8, 4) is 0 Å². The standard InChI is InChI=1S/C16H28N2O2/c1-5-11(4)14-15(19)17-13(12-6-7-12)16(20)18(14)9-8-10(2)3/h10-14H,5-9H2,1-4H3,(H,17,19). The van der Waals surface area contributed by atoms with Crippen LogP contribution in [0.5, 0.6) is 0 Å². The number of amides is 2. The van der Waals surface area contributed by atoms with Gasteiger partial charge in [0.05, 0.1) is 0 Å². The lowest BCUT2D eigenvalue weighted by atomic mass is 9.92. The van der Waals surface area contributed by atoms with Gasteiger partial charge in [0, 0.05) is 6.54 Å². The Kier molecular flexibility index (Phi) is 4.71. The van der Waals surface area contributed by atoms with Crippen molar-refractivity contribution < 1.29 is 9.59 Å². The molecule has 0 bridgehead atoms. The first-order chi connectivity index (χ1) is 9.45. The van der Waals surface area contributed by atoms with Gasteiger partial charge in [0.2, 0.25) is 11.8 Å². The third-order valence-corrected chi connectivity index (χ3v) is 4.68. The average Bonchev–Trinajstić information content (AvgIpc) is 3.22. The molecule has 2 rings (SSSR count). The van der Waals surface area contributed by atoms with E-state index >= 15 is 0 Å². The normalized spacial score (nSPS) is 28.8. The number of hydrogen-bond donors (Lipinski definition) is 1. The third-order valence-electron chi connectivity index (χ3n) is 4.68. The fraction of sp³-hybridized carbons (Fsp3) is 0.875. The molecule has 0 spiro atoms. The van der Waals surface area contributed by atoms with Gasteiger partial charge in [-0.05, 0) is 37.0 Å². The molecule has 0 aromatic carbocycles. The SMILES string of the molecule is CCC(C)C1C(=O)NC(C2CC2)C(=O)N1CCC(C)C. The molecule has 2 amide bonds. The van der Waals surface area contributed by atoms with E-state index in [1.54, 1.807) is 0 Å². The highest BCUT2D eigenvalue weighted by Crippen LogP contribution is 2.36. The van der Waals surface area contributed by atoms with E-state index in [0.29, 0.717) is 18.4 Å². The topological polar surface area (TPSA) is 49.4 Å². The number of carbonyl (C=O) groups excluding carboxylic acids is 2. The number of nitrogens with one attached hydrogen (secondary N) is 1. The second-order valence-electron chi connectivity index (χ2n) is 6.87. The summed E-state index contributed by atoms with van der Waals surface area (Å²) in [5.41, 5.74) is 0. The molecule has 20 heavy (non-hydrogen) atoms. The van der Waals surface area contributed by atoms with Gasteiger partial charge in [0.1, 0.15) is 12.1 Å². The Labute approximate surface area is 122 Å². The number of piperazine rings is 1. The summed E-state index contributed by atoms with van der Waals surface area (Å²) in [5.74, 6) is 1.35. The summed E-state index contributed by atoms with van der Waals surface area (Å²) >= 11 is 0. The molecule has 1 aliphatic carbocycles. The van der Waals surface area contributed by atoms with Crippen LogP contribution in [0.4, 0.5) is 0 Å². The van der Waals surface area contributed by atoms with Crippen molar-refractivity contribution in [2.45, 2.75) is 65.5 Å². The highest BCUT2D eigenvalue weighted by Gasteiger charge is 2.47. The molecule has 4 heteroatoms. The van der Waals surface area contributed by atoms with E-state index in [2.05, 4.69) is 33.0 Å². The van der Waals surface area contributed by atoms with Crippen LogP contribution in [-0.2, 0) is 9.59 Å². The van der Waals surface area contributed by atoms with Gasteiger partial charge in [0.15, 0.2) is 0 Å². The van der Waals surface area contributed by atoms with Gasteiger partial charge in [0.25, 0.3) is 0 Å². The smallest absolute Gasteiger partial charge is 0.246 e. The van der Waals surface area contributed by atoms with Crippen molar-refractivity contribution in [3.63, 3.8) is 0 Å². The zero-order valence-electron chi connectivity index (χ0n) is 13.2. The quantitative estimate of drug-likeness (QED) is 0.811. The Balaban J connectivity index is 2.15. The minimum atomic E-state index is -0.277. The lowest BCUT2D eigenvalue weighted by molar-refractivity contribution is -0.152. The van der Waals surface area contributed by atoms with Crippen molar-refractivity contribution in [2.75, 3.05) is 6.54 Å². The summed E-state index contributed by atoms with van der Waals surface area (Å²) in [7, 11) is 0. The first kappa shape index (κ1) is 15.3. The van der Waals surface area contributed by atoms with E-state index in [-0.39, 0.29) is 29.8 Å². The van der Waals surface area contributed by atoms with Gasteiger partial charge in [-0.1, -0.05) is 34.1 Å². The summed E-state index contributed by atoms with van der Waals surface area (Å²) < 4.78 is 0. The molecule has 1 N–H and O–H groups in total. The van der Waals surface area contributed by atoms with Gasteiger partial charge >= 0.3 is 0 Å². The molecule has 2 aliphatic rings. The van der Waals surface area contributed by atoms with Crippen LogP contribution in [0, 0.1) is 17.8 Å². The van der Waals surface area contributed by atoms with Crippen LogP contribution in [-0.4, -0.2) is 35.3 Å². The van der Waals surface area contributed by atoms with Gasteiger partial charge < -0.3 is 10.2 Å². The van der Waals surface area contributed by atoms with E-state index < -0.39 is 0 Å². The van der Waals surface area contributed by atoms with Crippen LogP contribution in [0.25, 0.3) is 0 Å². The molecule has 0 aromatic rings. The first-order valence-electron chi connectivity index (χ1n) is 8.06. The molecule has 1 heterocycles. The Bertz CT molecular complexity index is 377. The maximum atomic E-state index is 12.7. The molecule has 1 saturated heterocycles. The Hall–Kier alpha value is -1.06. The Morgan fingerprint density at radius 1 is 1.25 bits per heavy atom. The fourth-order valence-corrected chi connectivity index (χ4v) is 2.94. The average molecular weight is 280 g/mol. The minimum Gasteiger partial charge on any atom is -0.342 e. The fourth-order valence-electron chi connectivity index (χ4n) is 2.94. The molecule has 1 aliphatic heterocycles. The maximum Gasteiger partial charge on any atom is 0.246 e. The van der Waals surface area contributed by atoms with Crippen molar-refractivity contribution in [3.05, 3.63) is 0 Å². The summed E-state index contributed by atoms with van der Waals surface area (Å²) in [6.45, 7) is 9.17. The number of hydrogen-bond acceptors (Lipinski definition) is 2. The van der Waals surface area contributed by atoms with Crippen LogP contribution in [0.15, 0.2) is 0 Å². The van der Waals surface area contributed by atoms with Crippen LogP contribution in [0.1, 0.15) is 53.4 Å². The Morgan fingerprint density at radius 3 is 2.40 bits per heavy atom. The van der Waals surface area contributed by atoms with Crippen molar-refractivity contribution >= 4 is 11.8 Å². The first-order valence-corrected chi connectivity index (χ1v) is 8.06. The summed E-state index contributed by atoms with van der Waals surface area (Å²) in [6, 6.07) is -0.531. The third kappa shape index (κ3) is 3.15. The molecule has 4 nitrogen and oxygen atoms in total. The summed E-state index contributed by atoms with van der Waals surface area (Å²) in [4.78, 5) is 27.0. The van der Waals surface area contributed by atoms with Crippen molar-refractivity contribution in [1.82, 2.24) is 10.2 Å². The second kappa shape index (κ2) is 6.15. The van der Waals surface area contributed by atoms with Gasteiger partial charge in [-0.15, -0.1) is 0 Å². The lowest BCUT2D eigenvalue weighted by Gasteiger charge is -2.42. The van der Waals surface area contributed by atoms with Crippen LogP contribution >= 0.6 is 0 Å². The zero-order chi connectivity index (χ0) is 14.9. The summed E-state index contributed by atoms with van der Waals surface area (Å²) in [5, 5.41) is 2.98. The second-order valence-corrected chi connectivity index (χ2v) is 6.87. The predicted molar refractivity (Wildman–Crippen MR) is 79.1 cm³/mol. The van der Waals surface area contributed by atoms with Gasteiger partial charge in [-0.3, -0.25) is 9.59 Å². The maximum absolute atomic E-state index is 12.7. The number of rotatable bonds is 6. The molecule has 3 atom stereocenters. The van der Waals surface area contributed by atoms with Crippen LogP contribution in [0.3, 0.4) is 0 Å². The Morgan fingerprint density at radius 2 is 1.90 bits per heavy atom. The van der Waals surface area contributed by atoms with E-state index in [9.17, 15) is 9.59 Å². The highest BCUT2D eigenvalue weighted by molar-refractivity contribution is 5.97. The molecule has 0 radical (unpaired) electrons. The number of nitrogens with zero attached hydrogens (tertiary/aromatic N) is 1. The van der Waals surface area contributed by atoms with Crippen molar-refractivity contribution in [1.29, 1.82) is 0 Å². The van der Waals surface area contributed by atoms with Gasteiger partial charge in [-0.25, -0.2) is 0 Å². The summed E-state index contributed by atoms with van der Waals surface area (Å²) in [6.07, 6.45) is 4.02. The molecular weight excluding hydrogens is 252 g/mol. The minimum absolute atomic E-state index is 0.0552. The van der Waals surface area contributed by atoms with E-state index in [0.717, 1.165) is 25.7 Å². The van der Waals surface area contributed by atoms with Crippen LogP contribution < -0.4 is 5.32 Å². The largest absolute Gasteiger partial charge is 0.342 e. The van der Waals surface area contributed by atoms with E-state index in [4.69, 9.17) is 0 Å². The van der Waals surface area contributed by atoms with E-state index in [1.807, 2.05) is 4.90 Å². The molecule has 0 aromatic heterocycles. The predicted octanol–water partition coefficient (Wildman–Crippen LogP) is 2.18. The highest BCUT2D eigenvalue weighted by atomic mass is 16.2.